The summed E-state index contributed by atoms with van der Waals surface area (Å²) < 4.78 is 7.66. The molecule has 26 heavy (non-hydrogen) atoms. The van der Waals surface area contributed by atoms with E-state index in [2.05, 4.69) is 15.3 Å². The highest BCUT2D eigenvalue weighted by molar-refractivity contribution is 7.71. The molecule has 3 aromatic rings. The Morgan fingerprint density at radius 1 is 1.19 bits per heavy atom. The van der Waals surface area contributed by atoms with E-state index in [9.17, 15) is 0 Å². The van der Waals surface area contributed by atoms with Gasteiger partial charge in [0.25, 0.3) is 0 Å². The van der Waals surface area contributed by atoms with Crippen molar-refractivity contribution >= 4 is 35.7 Å². The van der Waals surface area contributed by atoms with Crippen LogP contribution < -0.4 is 9.64 Å². The Balaban J connectivity index is 1.72. The molecule has 8 heteroatoms. The van der Waals surface area contributed by atoms with Crippen LogP contribution in [-0.4, -0.2) is 35.2 Å². The fourth-order valence-electron chi connectivity index (χ4n) is 2.20. The van der Waals surface area contributed by atoms with Crippen LogP contribution in [0.25, 0.3) is 0 Å². The zero-order valence-corrected chi connectivity index (χ0v) is 16.0. The van der Waals surface area contributed by atoms with Gasteiger partial charge in [-0.05, 0) is 54.2 Å². The number of ether oxygens (including phenoxy) is 1. The van der Waals surface area contributed by atoms with Gasteiger partial charge in [-0.3, -0.25) is 0 Å². The third-order valence-corrected chi connectivity index (χ3v) is 4.15. The molecule has 6 nitrogen and oxygen atoms in total. The third kappa shape index (κ3) is 4.50. The lowest BCUT2D eigenvalue weighted by Gasteiger charge is -2.11. The molecule has 0 bridgehead atoms. The molecule has 0 atom stereocenters. The monoisotopic (exact) mass is 387 g/mol. The number of anilines is 1. The first-order valence-corrected chi connectivity index (χ1v) is 8.68. The van der Waals surface area contributed by atoms with Crippen molar-refractivity contribution in [2.45, 2.75) is 6.61 Å². The SMILES string of the molecule is CN(C)c1ccc(/C=N\n2c(COc3ccc(Cl)cc3)n[nH]c2=S)cc1. The highest BCUT2D eigenvalue weighted by Gasteiger charge is 2.06. The maximum Gasteiger partial charge on any atom is 0.216 e. The van der Waals surface area contributed by atoms with Crippen molar-refractivity contribution in [3.8, 4) is 5.75 Å². The zero-order chi connectivity index (χ0) is 18.5. The molecule has 1 aromatic heterocycles. The summed E-state index contributed by atoms with van der Waals surface area (Å²) in [4.78, 5) is 2.04. The van der Waals surface area contributed by atoms with Gasteiger partial charge in [-0.2, -0.15) is 14.9 Å². The number of H-pyrrole nitrogens is 1. The van der Waals surface area contributed by atoms with E-state index in [-0.39, 0.29) is 6.61 Å². The second-order valence-corrected chi connectivity index (χ2v) is 6.55. The predicted molar refractivity (Wildman–Crippen MR) is 107 cm³/mol. The van der Waals surface area contributed by atoms with Gasteiger partial charge < -0.3 is 9.64 Å². The van der Waals surface area contributed by atoms with Gasteiger partial charge >= 0.3 is 0 Å². The van der Waals surface area contributed by atoms with Gasteiger partial charge in [-0.1, -0.05) is 23.7 Å². The van der Waals surface area contributed by atoms with Crippen molar-refractivity contribution in [2.24, 2.45) is 5.10 Å². The number of nitrogens with one attached hydrogen (secondary N) is 1. The number of hydrogen-bond acceptors (Lipinski definition) is 5. The molecule has 0 saturated heterocycles. The van der Waals surface area contributed by atoms with Crippen molar-refractivity contribution in [3.63, 3.8) is 0 Å². The van der Waals surface area contributed by atoms with E-state index in [4.69, 9.17) is 28.6 Å². The molecule has 1 N–H and O–H groups in total. The van der Waals surface area contributed by atoms with Crippen LogP contribution in [0.4, 0.5) is 5.69 Å². The van der Waals surface area contributed by atoms with Crippen LogP contribution in [0.3, 0.4) is 0 Å². The van der Waals surface area contributed by atoms with Gasteiger partial charge in [0, 0.05) is 24.8 Å². The summed E-state index contributed by atoms with van der Waals surface area (Å²) >= 11 is 11.1. The van der Waals surface area contributed by atoms with E-state index in [0.717, 1.165) is 11.3 Å². The van der Waals surface area contributed by atoms with Gasteiger partial charge in [-0.25, -0.2) is 5.10 Å². The summed E-state index contributed by atoms with van der Waals surface area (Å²) in [5, 5.41) is 12.0. The number of benzene rings is 2. The topological polar surface area (TPSA) is 58.4 Å². The van der Waals surface area contributed by atoms with Crippen LogP contribution in [0, 0.1) is 4.77 Å². The minimum atomic E-state index is 0.228. The average molecular weight is 388 g/mol. The van der Waals surface area contributed by atoms with Gasteiger partial charge in [0.05, 0.1) is 6.21 Å². The van der Waals surface area contributed by atoms with E-state index in [1.165, 1.54) is 0 Å². The summed E-state index contributed by atoms with van der Waals surface area (Å²) in [5.74, 6) is 1.27. The highest BCUT2D eigenvalue weighted by atomic mass is 35.5. The van der Waals surface area contributed by atoms with Crippen LogP contribution >= 0.6 is 23.8 Å². The summed E-state index contributed by atoms with van der Waals surface area (Å²) in [6.07, 6.45) is 1.73. The van der Waals surface area contributed by atoms with E-state index >= 15 is 0 Å². The van der Waals surface area contributed by atoms with Gasteiger partial charge in [0.15, 0.2) is 5.82 Å². The Hall–Kier alpha value is -2.64. The van der Waals surface area contributed by atoms with Crippen molar-refractivity contribution in [1.82, 2.24) is 14.9 Å². The number of hydrogen-bond donors (Lipinski definition) is 1. The Bertz CT molecular complexity index is 945. The molecule has 1 heterocycles. The summed E-state index contributed by atoms with van der Waals surface area (Å²) in [6.45, 7) is 0.228. The van der Waals surface area contributed by atoms with E-state index in [1.807, 2.05) is 43.3 Å². The lowest BCUT2D eigenvalue weighted by atomic mass is 10.2. The van der Waals surface area contributed by atoms with Crippen LogP contribution in [-0.2, 0) is 6.61 Å². The Kier molecular flexibility index (Phi) is 5.70. The van der Waals surface area contributed by atoms with Crippen molar-refractivity contribution in [1.29, 1.82) is 0 Å². The first-order chi connectivity index (χ1) is 12.5. The minimum Gasteiger partial charge on any atom is -0.486 e. The molecule has 0 spiro atoms. The largest absolute Gasteiger partial charge is 0.486 e. The zero-order valence-electron chi connectivity index (χ0n) is 14.4. The average Bonchev–Trinajstić information content (AvgIpc) is 2.99. The summed E-state index contributed by atoms with van der Waals surface area (Å²) in [7, 11) is 4.00. The van der Waals surface area contributed by atoms with Gasteiger partial charge in [-0.15, -0.1) is 0 Å². The Labute approximate surface area is 161 Å². The molecule has 0 amide bonds. The second kappa shape index (κ2) is 8.16. The first kappa shape index (κ1) is 18.2. The standard InChI is InChI=1S/C18H18ClN5OS/c1-23(2)15-7-3-13(4-8-15)11-20-24-17(21-22-18(24)26)12-25-16-9-5-14(19)6-10-16/h3-11H,12H2,1-2H3,(H,22,26)/b20-11-. The molecule has 0 aliphatic heterocycles. The first-order valence-electron chi connectivity index (χ1n) is 7.89. The molecule has 2 aromatic carbocycles. The Morgan fingerprint density at radius 2 is 1.88 bits per heavy atom. The molecule has 0 fully saturated rings. The second-order valence-electron chi connectivity index (χ2n) is 5.73. The van der Waals surface area contributed by atoms with Crippen molar-refractivity contribution in [3.05, 3.63) is 69.7 Å². The van der Waals surface area contributed by atoms with Crippen LogP contribution in [0.15, 0.2) is 53.6 Å². The van der Waals surface area contributed by atoms with E-state index in [1.54, 1.807) is 35.2 Å². The molecule has 0 radical (unpaired) electrons. The van der Waals surface area contributed by atoms with Crippen molar-refractivity contribution < 1.29 is 4.74 Å². The van der Waals surface area contributed by atoms with Gasteiger partial charge in [0.2, 0.25) is 4.77 Å². The molecular formula is C18H18ClN5OS. The smallest absolute Gasteiger partial charge is 0.216 e. The highest BCUT2D eigenvalue weighted by Crippen LogP contribution is 2.16. The van der Waals surface area contributed by atoms with Crippen LogP contribution in [0.1, 0.15) is 11.4 Å². The number of halogens is 1. The third-order valence-electron chi connectivity index (χ3n) is 3.63. The predicted octanol–water partition coefficient (Wildman–Crippen LogP) is 4.12. The number of aromatic amines is 1. The van der Waals surface area contributed by atoms with E-state index < -0.39 is 0 Å². The minimum absolute atomic E-state index is 0.228. The molecular weight excluding hydrogens is 370 g/mol. The maximum atomic E-state index is 5.87. The number of rotatable bonds is 6. The molecule has 0 saturated carbocycles. The maximum absolute atomic E-state index is 5.87. The lowest BCUT2D eigenvalue weighted by Crippen LogP contribution is -2.08. The lowest BCUT2D eigenvalue weighted by molar-refractivity contribution is 0.290. The molecule has 134 valence electrons. The quantitative estimate of drug-likeness (QED) is 0.510. The Morgan fingerprint density at radius 3 is 2.54 bits per heavy atom. The summed E-state index contributed by atoms with van der Waals surface area (Å²) in [6, 6.07) is 15.2. The number of nitrogens with zero attached hydrogens (tertiary/aromatic N) is 4. The van der Waals surface area contributed by atoms with Crippen molar-refractivity contribution in [2.75, 3.05) is 19.0 Å². The number of aromatic nitrogens is 3. The molecule has 0 aliphatic rings. The van der Waals surface area contributed by atoms with Crippen LogP contribution in [0.2, 0.25) is 5.02 Å². The normalized spacial score (nSPS) is 11.0. The fourth-order valence-corrected chi connectivity index (χ4v) is 2.52. The van der Waals surface area contributed by atoms with Gasteiger partial charge in [0.1, 0.15) is 12.4 Å². The molecule has 0 unspecified atom stereocenters. The summed E-state index contributed by atoms with van der Waals surface area (Å²) in [5.41, 5.74) is 2.09. The molecule has 0 aliphatic carbocycles. The molecule has 3 rings (SSSR count). The van der Waals surface area contributed by atoms with E-state index in [0.29, 0.717) is 21.4 Å². The fraction of sp³-hybridized carbons (Fsp3) is 0.167. The van der Waals surface area contributed by atoms with Crippen LogP contribution in [0.5, 0.6) is 5.75 Å².